The van der Waals surface area contributed by atoms with E-state index in [0.717, 1.165) is 17.1 Å². The van der Waals surface area contributed by atoms with Gasteiger partial charge in [-0.15, -0.1) is 0 Å². The van der Waals surface area contributed by atoms with Crippen molar-refractivity contribution in [2.24, 2.45) is 0 Å². The highest BCUT2D eigenvalue weighted by Crippen LogP contribution is 2.58. The molecular weight excluding hydrogens is 807 g/mol. The quantitative estimate of drug-likeness (QED) is 0.103. The minimum Gasteiger partial charge on any atom is -0.310 e. The molecule has 1 nitrogen and oxygen atoms in total. The maximum atomic E-state index is 4.19. The van der Waals surface area contributed by atoms with E-state index >= 15 is 0 Å². The van der Waals surface area contributed by atoms with Crippen LogP contribution in [-0.4, -0.2) is 0 Å². The predicted molar refractivity (Wildman–Crippen MR) is 287 cm³/mol. The summed E-state index contributed by atoms with van der Waals surface area (Å²) in [4.78, 5) is 2.43. The van der Waals surface area contributed by atoms with Crippen LogP contribution in [0.25, 0.3) is 76.5 Å². The van der Waals surface area contributed by atoms with Gasteiger partial charge in [0, 0.05) is 17.1 Å². The molecule has 0 fully saturated rings. The molecule has 11 aromatic rings. The van der Waals surface area contributed by atoms with Crippen molar-refractivity contribution in [3.8, 4) is 33.4 Å². The summed E-state index contributed by atoms with van der Waals surface area (Å²) in [6.07, 6.45) is 8.50. The first-order valence-electron chi connectivity index (χ1n) is 23.2. The van der Waals surface area contributed by atoms with Crippen LogP contribution in [0.15, 0.2) is 267 Å². The van der Waals surface area contributed by atoms with Gasteiger partial charge in [-0.05, 0) is 154 Å². The van der Waals surface area contributed by atoms with Crippen molar-refractivity contribution in [3.63, 3.8) is 0 Å². The lowest BCUT2D eigenvalue weighted by atomic mass is 9.67. The molecule has 11 aromatic carbocycles. The average Bonchev–Trinajstić information content (AvgIpc) is 3.69. The average molecular weight is 854 g/mol. The molecule has 0 radical (unpaired) electrons. The van der Waals surface area contributed by atoms with E-state index in [1.807, 2.05) is 6.08 Å². The number of hydrogen-bond acceptors (Lipinski definition) is 1. The molecule has 0 amide bonds. The molecule has 67 heavy (non-hydrogen) atoms. The monoisotopic (exact) mass is 853 g/mol. The van der Waals surface area contributed by atoms with Crippen LogP contribution in [0.5, 0.6) is 0 Å². The molecular formula is C66H47N. The smallest absolute Gasteiger partial charge is 0.0713 e. The van der Waals surface area contributed by atoms with Crippen LogP contribution in [-0.2, 0) is 5.41 Å². The molecule has 0 saturated heterocycles. The van der Waals surface area contributed by atoms with E-state index < -0.39 is 5.41 Å². The largest absolute Gasteiger partial charge is 0.310 e. The third kappa shape index (κ3) is 6.54. The summed E-state index contributed by atoms with van der Waals surface area (Å²) < 4.78 is 0. The Bertz CT molecular complexity index is 3780. The van der Waals surface area contributed by atoms with Crippen molar-refractivity contribution in [3.05, 3.63) is 284 Å². The van der Waals surface area contributed by atoms with Gasteiger partial charge in [0.25, 0.3) is 0 Å². The number of benzene rings is 11. The van der Waals surface area contributed by atoms with Gasteiger partial charge in [0.1, 0.15) is 0 Å². The van der Waals surface area contributed by atoms with Gasteiger partial charge >= 0.3 is 0 Å². The van der Waals surface area contributed by atoms with Crippen LogP contribution >= 0.6 is 0 Å². The van der Waals surface area contributed by atoms with Gasteiger partial charge in [0.15, 0.2) is 0 Å². The topological polar surface area (TPSA) is 3.24 Å². The zero-order valence-corrected chi connectivity index (χ0v) is 37.4. The maximum Gasteiger partial charge on any atom is 0.0713 e. The Kier molecular flexibility index (Phi) is 9.84. The lowest BCUT2D eigenvalue weighted by Crippen LogP contribution is -2.29. The van der Waals surface area contributed by atoms with E-state index in [4.69, 9.17) is 0 Å². The van der Waals surface area contributed by atoms with Crippen LogP contribution < -0.4 is 4.90 Å². The van der Waals surface area contributed by atoms with Crippen LogP contribution in [0.1, 0.15) is 23.6 Å². The van der Waals surface area contributed by atoms with E-state index in [-0.39, 0.29) is 0 Å². The normalized spacial score (nSPS) is 14.5. The van der Waals surface area contributed by atoms with Crippen molar-refractivity contribution >= 4 is 60.2 Å². The highest BCUT2D eigenvalue weighted by molar-refractivity contribution is 6.14. The van der Waals surface area contributed by atoms with E-state index in [1.54, 1.807) is 0 Å². The Labute approximate surface area is 392 Å². The molecule has 0 heterocycles. The van der Waals surface area contributed by atoms with E-state index in [9.17, 15) is 0 Å². The second kappa shape index (κ2) is 16.5. The third-order valence-corrected chi connectivity index (χ3v) is 14.0. The number of nitrogens with zero attached hydrogens (tertiary/aromatic N) is 1. The molecule has 1 heteroatoms. The zero-order chi connectivity index (χ0) is 44.9. The Balaban J connectivity index is 1.05. The van der Waals surface area contributed by atoms with E-state index in [0.29, 0.717) is 0 Å². The Morgan fingerprint density at radius 1 is 0.403 bits per heavy atom. The molecule has 1 aliphatic carbocycles. The lowest BCUT2D eigenvalue weighted by Gasteiger charge is -2.35. The number of hydrogen-bond donors (Lipinski definition) is 0. The number of allylic oxidation sites excluding steroid dienone is 5. The Morgan fingerprint density at radius 3 is 1.82 bits per heavy atom. The predicted octanol–water partition coefficient (Wildman–Crippen LogP) is 18.1. The number of anilines is 3. The van der Waals surface area contributed by atoms with Crippen molar-refractivity contribution in [2.45, 2.75) is 12.3 Å². The molecule has 1 unspecified atom stereocenters. The zero-order valence-electron chi connectivity index (χ0n) is 37.4. The highest BCUT2D eigenvalue weighted by atomic mass is 15.1. The Morgan fingerprint density at radius 2 is 1.01 bits per heavy atom. The van der Waals surface area contributed by atoms with Crippen molar-refractivity contribution in [1.82, 2.24) is 0 Å². The summed E-state index contributed by atoms with van der Waals surface area (Å²) in [5.41, 5.74) is 14.9. The van der Waals surface area contributed by atoms with Crippen LogP contribution in [0.3, 0.4) is 0 Å². The summed E-state index contributed by atoms with van der Waals surface area (Å²) in [6.45, 7) is 6.29. The first-order valence-corrected chi connectivity index (χ1v) is 23.2. The molecule has 0 aliphatic heterocycles. The maximum absolute atomic E-state index is 4.19. The minimum atomic E-state index is -0.540. The van der Waals surface area contributed by atoms with Crippen LogP contribution in [0.4, 0.5) is 17.1 Å². The van der Waals surface area contributed by atoms with Crippen LogP contribution in [0, 0.1) is 0 Å². The Hall–Kier alpha value is -8.52. The molecule has 1 aliphatic rings. The van der Waals surface area contributed by atoms with Crippen molar-refractivity contribution in [2.75, 3.05) is 4.90 Å². The van der Waals surface area contributed by atoms with Gasteiger partial charge in [-0.25, -0.2) is 0 Å². The summed E-state index contributed by atoms with van der Waals surface area (Å²) in [7, 11) is 0. The molecule has 0 spiro atoms. The molecule has 316 valence electrons. The van der Waals surface area contributed by atoms with Gasteiger partial charge in [-0.2, -0.15) is 0 Å². The number of rotatable bonds is 9. The van der Waals surface area contributed by atoms with Gasteiger partial charge < -0.3 is 4.90 Å². The SMILES string of the molecule is C=C/C=C(\C=C/C)C1(c2ccccc2)c2ccccc2-c2cc(N(c3ccc(-c4ccc5c(ccc6ccccc65)c4)cc3)c3cccc(-c4cc5ccccc5c5ccccc45)c3)ccc21. The molecule has 1 atom stereocenters. The van der Waals surface area contributed by atoms with Crippen molar-refractivity contribution < 1.29 is 0 Å². The fourth-order valence-corrected chi connectivity index (χ4v) is 11.0. The molecule has 0 saturated carbocycles. The van der Waals surface area contributed by atoms with E-state index in [1.165, 1.54) is 98.7 Å². The summed E-state index contributed by atoms with van der Waals surface area (Å²) >= 11 is 0. The third-order valence-electron chi connectivity index (χ3n) is 14.0. The minimum absolute atomic E-state index is 0.540. The van der Waals surface area contributed by atoms with Gasteiger partial charge in [0.2, 0.25) is 0 Å². The second-order valence-corrected chi connectivity index (χ2v) is 17.6. The molecule has 12 rings (SSSR count). The van der Waals surface area contributed by atoms with Gasteiger partial charge in [0.05, 0.1) is 5.41 Å². The summed E-state index contributed by atoms with van der Waals surface area (Å²) in [5.74, 6) is 0. The number of fused-ring (bicyclic) bond motifs is 9. The van der Waals surface area contributed by atoms with Crippen molar-refractivity contribution in [1.29, 1.82) is 0 Å². The standard InChI is InChI=1S/C66H47N/c1-3-17-51(18-4-2)66(52-22-6-5-7-23-52)64-30-15-14-29-61(64)63-44-55(38-40-65(63)66)67(53-36-33-45(34-37-53)47-35-39-58-50(41-47)32-31-46-19-8-10-25-56(46)58)54-24-16-21-48(42-54)62-43-49-20-9-11-26-57(49)59-27-12-13-28-60(59)62/h3-44H,1H2,2H3/b18-4-,51-17+. The first kappa shape index (κ1) is 40.0. The van der Waals surface area contributed by atoms with E-state index in [2.05, 4.69) is 267 Å². The molecule has 0 N–H and O–H groups in total. The second-order valence-electron chi connectivity index (χ2n) is 17.6. The molecule has 0 aromatic heterocycles. The van der Waals surface area contributed by atoms with Gasteiger partial charge in [-0.1, -0.05) is 213 Å². The summed E-state index contributed by atoms with van der Waals surface area (Å²) in [6, 6.07) is 85.1. The molecule has 0 bridgehead atoms. The van der Waals surface area contributed by atoms with Gasteiger partial charge in [-0.3, -0.25) is 0 Å². The first-order chi connectivity index (χ1) is 33.1. The lowest BCUT2D eigenvalue weighted by molar-refractivity contribution is 0.767. The fourth-order valence-electron chi connectivity index (χ4n) is 11.0. The fraction of sp³-hybridized carbons (Fsp3) is 0.0303. The summed E-state index contributed by atoms with van der Waals surface area (Å²) in [5, 5.41) is 10.1. The van der Waals surface area contributed by atoms with Crippen LogP contribution in [0.2, 0.25) is 0 Å². The highest BCUT2D eigenvalue weighted by Gasteiger charge is 2.46.